The molecule has 5 heteroatoms. The van der Waals surface area contributed by atoms with Crippen LogP contribution in [0.4, 0.5) is 0 Å². The maximum atomic E-state index is 12.4. The molecule has 2 rings (SSSR count). The van der Waals surface area contributed by atoms with E-state index in [-0.39, 0.29) is 6.04 Å². The summed E-state index contributed by atoms with van der Waals surface area (Å²) in [6.07, 6.45) is 3.42. The molecule has 0 radical (unpaired) electrons. The first-order chi connectivity index (χ1) is 9.42. The average molecular weight is 296 g/mol. The fraction of sp³-hybridized carbons (Fsp3) is 0.600. The Morgan fingerprint density at radius 3 is 2.65 bits per heavy atom. The normalized spacial score (nSPS) is 17.1. The van der Waals surface area contributed by atoms with Gasteiger partial charge in [-0.3, -0.25) is 0 Å². The van der Waals surface area contributed by atoms with Crippen LogP contribution in [-0.2, 0) is 16.6 Å². The fourth-order valence-corrected chi connectivity index (χ4v) is 3.74. The van der Waals surface area contributed by atoms with Crippen molar-refractivity contribution in [2.75, 3.05) is 7.05 Å². The van der Waals surface area contributed by atoms with Gasteiger partial charge < -0.3 is 5.32 Å². The van der Waals surface area contributed by atoms with Crippen LogP contribution in [0.25, 0.3) is 0 Å². The minimum Gasteiger partial charge on any atom is -0.316 e. The number of aryl methyl sites for hydroxylation is 1. The van der Waals surface area contributed by atoms with Gasteiger partial charge in [-0.15, -0.1) is 0 Å². The van der Waals surface area contributed by atoms with Crippen LogP contribution >= 0.6 is 0 Å². The monoisotopic (exact) mass is 296 g/mol. The van der Waals surface area contributed by atoms with Crippen molar-refractivity contribution in [1.29, 1.82) is 0 Å². The zero-order valence-corrected chi connectivity index (χ0v) is 13.3. The highest BCUT2D eigenvalue weighted by Gasteiger charge is 2.26. The maximum Gasteiger partial charge on any atom is 0.240 e. The second-order valence-corrected chi connectivity index (χ2v) is 7.53. The van der Waals surface area contributed by atoms with Crippen molar-refractivity contribution in [3.05, 3.63) is 29.3 Å². The van der Waals surface area contributed by atoms with Gasteiger partial charge in [0.2, 0.25) is 10.0 Å². The second-order valence-electron chi connectivity index (χ2n) is 5.82. The van der Waals surface area contributed by atoms with E-state index in [4.69, 9.17) is 0 Å². The first-order valence-corrected chi connectivity index (χ1v) is 8.67. The van der Waals surface area contributed by atoms with Crippen LogP contribution in [0.2, 0.25) is 0 Å². The number of hydrogen-bond donors (Lipinski definition) is 2. The predicted molar refractivity (Wildman–Crippen MR) is 81.1 cm³/mol. The van der Waals surface area contributed by atoms with Gasteiger partial charge in [0.15, 0.2) is 0 Å². The molecule has 0 spiro atoms. The quantitative estimate of drug-likeness (QED) is 0.811. The molecule has 1 unspecified atom stereocenters. The summed E-state index contributed by atoms with van der Waals surface area (Å²) in [4.78, 5) is 0.357. The first kappa shape index (κ1) is 15.5. The molecule has 0 saturated heterocycles. The van der Waals surface area contributed by atoms with Crippen LogP contribution in [0.3, 0.4) is 0 Å². The van der Waals surface area contributed by atoms with Crippen molar-refractivity contribution in [2.24, 2.45) is 5.92 Å². The largest absolute Gasteiger partial charge is 0.316 e. The van der Waals surface area contributed by atoms with Gasteiger partial charge in [-0.2, -0.15) is 0 Å². The van der Waals surface area contributed by atoms with Gasteiger partial charge in [0.1, 0.15) is 0 Å². The van der Waals surface area contributed by atoms with Gasteiger partial charge >= 0.3 is 0 Å². The Morgan fingerprint density at radius 1 is 1.35 bits per heavy atom. The molecule has 4 nitrogen and oxygen atoms in total. The molecule has 1 aromatic rings. The van der Waals surface area contributed by atoms with E-state index in [2.05, 4.69) is 10.0 Å². The molecule has 1 aliphatic carbocycles. The number of rotatable bonds is 7. The van der Waals surface area contributed by atoms with Gasteiger partial charge in [-0.25, -0.2) is 13.1 Å². The van der Waals surface area contributed by atoms with Gasteiger partial charge in [-0.05, 0) is 56.5 Å². The lowest BCUT2D eigenvalue weighted by atomic mass is 10.1. The van der Waals surface area contributed by atoms with E-state index in [1.165, 1.54) is 12.8 Å². The Hall–Kier alpha value is -0.910. The highest BCUT2D eigenvalue weighted by Crippen LogP contribution is 2.33. The Kier molecular flexibility index (Phi) is 4.83. The molecule has 1 aliphatic rings. The number of benzene rings is 1. The molecule has 0 amide bonds. The minimum atomic E-state index is -3.41. The van der Waals surface area contributed by atoms with Crippen LogP contribution in [0, 0.1) is 12.8 Å². The van der Waals surface area contributed by atoms with E-state index in [0.717, 1.165) is 17.5 Å². The van der Waals surface area contributed by atoms with Crippen molar-refractivity contribution in [2.45, 2.75) is 50.6 Å². The van der Waals surface area contributed by atoms with Crippen LogP contribution in [0.15, 0.2) is 23.1 Å². The van der Waals surface area contributed by atoms with Gasteiger partial charge in [-0.1, -0.05) is 18.9 Å². The molecule has 1 fully saturated rings. The summed E-state index contributed by atoms with van der Waals surface area (Å²) in [5.41, 5.74) is 2.12. The highest BCUT2D eigenvalue weighted by molar-refractivity contribution is 7.89. The molecule has 20 heavy (non-hydrogen) atoms. The maximum absolute atomic E-state index is 12.4. The van der Waals surface area contributed by atoms with Gasteiger partial charge in [0.25, 0.3) is 0 Å². The van der Waals surface area contributed by atoms with E-state index in [0.29, 0.717) is 17.4 Å². The third-order valence-corrected chi connectivity index (χ3v) is 5.33. The van der Waals surface area contributed by atoms with Crippen LogP contribution < -0.4 is 10.0 Å². The third-order valence-electron chi connectivity index (χ3n) is 3.74. The van der Waals surface area contributed by atoms with E-state index >= 15 is 0 Å². The highest BCUT2D eigenvalue weighted by atomic mass is 32.2. The van der Waals surface area contributed by atoms with Crippen LogP contribution in [0.5, 0.6) is 0 Å². The molecule has 2 N–H and O–H groups in total. The van der Waals surface area contributed by atoms with Crippen molar-refractivity contribution in [1.82, 2.24) is 10.0 Å². The molecular formula is C15H24N2O2S. The van der Waals surface area contributed by atoms with Gasteiger partial charge in [0, 0.05) is 12.6 Å². The Labute approximate surface area is 122 Å². The summed E-state index contributed by atoms with van der Waals surface area (Å²) in [5.74, 6) is 0.713. The predicted octanol–water partition coefficient (Wildman–Crippen LogP) is 2.18. The number of sulfonamides is 1. The Balaban J connectivity index is 2.13. The molecule has 112 valence electrons. The van der Waals surface area contributed by atoms with Crippen LogP contribution in [-0.4, -0.2) is 21.5 Å². The zero-order valence-electron chi connectivity index (χ0n) is 12.4. The summed E-state index contributed by atoms with van der Waals surface area (Å²) in [6.45, 7) is 4.61. The molecule has 1 aromatic carbocycles. The lowest BCUT2D eigenvalue weighted by Gasteiger charge is -2.15. The number of hydrogen-bond acceptors (Lipinski definition) is 3. The molecule has 1 saturated carbocycles. The van der Waals surface area contributed by atoms with E-state index in [1.54, 1.807) is 12.1 Å². The third kappa shape index (κ3) is 4.04. The van der Waals surface area contributed by atoms with Crippen molar-refractivity contribution in [3.8, 4) is 0 Å². The molecule has 0 bridgehead atoms. The Bertz CT molecular complexity index is 565. The molecule has 0 aromatic heterocycles. The summed E-state index contributed by atoms with van der Waals surface area (Å²) in [7, 11) is -1.55. The van der Waals surface area contributed by atoms with E-state index < -0.39 is 10.0 Å². The van der Waals surface area contributed by atoms with Crippen molar-refractivity contribution in [3.63, 3.8) is 0 Å². The summed E-state index contributed by atoms with van der Waals surface area (Å²) < 4.78 is 27.5. The standard InChI is InChI=1S/C15H24N2O2S/c1-11-4-7-15(9-14(11)10-16-3)20(18,19)17-12(2)8-13-5-6-13/h4,7,9,12-13,16-17H,5-6,8,10H2,1-3H3. The molecule has 1 atom stereocenters. The lowest BCUT2D eigenvalue weighted by Crippen LogP contribution is -2.33. The number of nitrogens with one attached hydrogen (secondary N) is 2. The zero-order chi connectivity index (χ0) is 14.8. The summed E-state index contributed by atoms with van der Waals surface area (Å²) in [5, 5.41) is 3.06. The molecule has 0 aliphatic heterocycles. The Morgan fingerprint density at radius 2 is 2.05 bits per heavy atom. The summed E-state index contributed by atoms with van der Waals surface area (Å²) >= 11 is 0. The molecular weight excluding hydrogens is 272 g/mol. The molecule has 0 heterocycles. The average Bonchev–Trinajstić information content (AvgIpc) is 3.15. The lowest BCUT2D eigenvalue weighted by molar-refractivity contribution is 0.530. The minimum absolute atomic E-state index is 0.00144. The summed E-state index contributed by atoms with van der Waals surface area (Å²) in [6, 6.07) is 5.31. The smallest absolute Gasteiger partial charge is 0.240 e. The van der Waals surface area contributed by atoms with E-state index in [1.807, 2.05) is 27.0 Å². The van der Waals surface area contributed by atoms with Crippen LogP contribution in [0.1, 0.15) is 37.3 Å². The van der Waals surface area contributed by atoms with E-state index in [9.17, 15) is 8.42 Å². The first-order valence-electron chi connectivity index (χ1n) is 7.19. The van der Waals surface area contributed by atoms with Crippen molar-refractivity contribution < 1.29 is 8.42 Å². The van der Waals surface area contributed by atoms with Crippen molar-refractivity contribution >= 4 is 10.0 Å². The topological polar surface area (TPSA) is 58.2 Å². The fourth-order valence-electron chi connectivity index (χ4n) is 2.43. The SMILES string of the molecule is CNCc1cc(S(=O)(=O)NC(C)CC2CC2)ccc1C. The second kappa shape index (κ2) is 6.24. The van der Waals surface area contributed by atoms with Gasteiger partial charge in [0.05, 0.1) is 4.90 Å².